The molecule has 0 radical (unpaired) electrons. The summed E-state index contributed by atoms with van der Waals surface area (Å²) in [5.74, 6) is -0.736. The predicted octanol–water partition coefficient (Wildman–Crippen LogP) is 2.82. The maximum absolute atomic E-state index is 15.0. The van der Waals surface area contributed by atoms with Gasteiger partial charge in [0, 0.05) is 31.2 Å². The Hall–Kier alpha value is -2.61. The number of hydrogen-bond acceptors (Lipinski definition) is 5. The van der Waals surface area contributed by atoms with Crippen molar-refractivity contribution in [3.8, 4) is 5.75 Å². The highest BCUT2D eigenvalue weighted by molar-refractivity contribution is 5.85. The van der Waals surface area contributed by atoms with Crippen molar-refractivity contribution in [2.75, 3.05) is 25.0 Å². The number of anilines is 1. The third-order valence-corrected chi connectivity index (χ3v) is 6.39. The molecule has 2 bridgehead atoms. The van der Waals surface area contributed by atoms with E-state index in [0.29, 0.717) is 23.3 Å². The molecule has 5 rings (SSSR count). The lowest BCUT2D eigenvalue weighted by Crippen LogP contribution is -2.52. The number of piperazine rings is 1. The van der Waals surface area contributed by atoms with Crippen LogP contribution in [-0.4, -0.2) is 52.9 Å². The molecule has 2 aromatic rings. The highest BCUT2D eigenvalue weighted by Crippen LogP contribution is 2.39. The summed E-state index contributed by atoms with van der Waals surface area (Å²) in [6, 6.07) is 4.01. The summed E-state index contributed by atoms with van der Waals surface area (Å²) >= 11 is 0. The Morgan fingerprint density at radius 3 is 2.39 bits per heavy atom. The molecule has 7 nitrogen and oxygen atoms in total. The largest absolute Gasteiger partial charge is 0.511 e. The molecule has 2 saturated heterocycles. The second-order valence-corrected chi connectivity index (χ2v) is 8.11. The van der Waals surface area contributed by atoms with Crippen LogP contribution in [0, 0.1) is 5.82 Å². The van der Waals surface area contributed by atoms with Crippen LogP contribution < -0.4 is 15.1 Å². The van der Waals surface area contributed by atoms with Crippen molar-refractivity contribution < 1.29 is 19.0 Å². The van der Waals surface area contributed by atoms with E-state index in [2.05, 4.69) is 21.6 Å². The molecule has 3 heterocycles. The second kappa shape index (κ2) is 6.20. The van der Waals surface area contributed by atoms with E-state index < -0.39 is 17.4 Å². The molecule has 0 amide bonds. The summed E-state index contributed by atoms with van der Waals surface area (Å²) in [5.41, 5.74) is 0.546. The van der Waals surface area contributed by atoms with Gasteiger partial charge in [-0.2, -0.15) is 0 Å². The van der Waals surface area contributed by atoms with Gasteiger partial charge in [0.05, 0.1) is 22.8 Å². The van der Waals surface area contributed by atoms with E-state index in [-0.39, 0.29) is 17.2 Å². The summed E-state index contributed by atoms with van der Waals surface area (Å²) in [4.78, 5) is 28.1. The van der Waals surface area contributed by atoms with Gasteiger partial charge in [-0.05, 0) is 44.9 Å². The van der Waals surface area contributed by atoms with Crippen LogP contribution >= 0.6 is 0 Å². The van der Waals surface area contributed by atoms with Gasteiger partial charge < -0.3 is 19.3 Å². The van der Waals surface area contributed by atoms with Crippen LogP contribution in [0.1, 0.15) is 31.7 Å². The number of halogens is 1. The third kappa shape index (κ3) is 2.74. The molecular formula is C20H22FN3O4. The minimum absolute atomic E-state index is 0.156. The number of likely N-dealkylation sites (N-methyl/N-ethyl adjacent to an activating group) is 1. The van der Waals surface area contributed by atoms with Crippen molar-refractivity contribution in [3.63, 3.8) is 0 Å². The second-order valence-electron chi connectivity index (χ2n) is 8.11. The number of aromatic nitrogens is 1. The first-order valence-electron chi connectivity index (χ1n) is 9.68. The first-order valence-corrected chi connectivity index (χ1v) is 9.68. The van der Waals surface area contributed by atoms with Crippen LogP contribution in [-0.2, 0) is 0 Å². The summed E-state index contributed by atoms with van der Waals surface area (Å²) in [7, 11) is 2.13. The Bertz CT molecular complexity index is 1020. The van der Waals surface area contributed by atoms with Crippen LogP contribution in [0.5, 0.6) is 5.75 Å². The lowest BCUT2D eigenvalue weighted by molar-refractivity contribution is 0.143. The Labute approximate surface area is 160 Å². The van der Waals surface area contributed by atoms with Gasteiger partial charge in [-0.15, -0.1) is 0 Å². The molecule has 2 aliphatic heterocycles. The normalized spacial score (nSPS) is 24.7. The zero-order valence-electron chi connectivity index (χ0n) is 15.6. The molecule has 1 aromatic carbocycles. The molecule has 2 unspecified atom stereocenters. The number of nitrogens with zero attached hydrogens (tertiary/aromatic N) is 3. The van der Waals surface area contributed by atoms with Crippen LogP contribution in [0.3, 0.4) is 0 Å². The highest BCUT2D eigenvalue weighted by atomic mass is 19.1. The number of pyridine rings is 1. The molecule has 3 aliphatic rings. The quantitative estimate of drug-likeness (QED) is 0.817. The molecule has 0 spiro atoms. The number of rotatable bonds is 3. The maximum Gasteiger partial charge on any atom is 0.511 e. The first kappa shape index (κ1) is 17.5. The first-order chi connectivity index (χ1) is 13.4. The number of benzene rings is 1. The Morgan fingerprint density at radius 1 is 1.14 bits per heavy atom. The molecule has 8 heteroatoms. The molecule has 1 aliphatic carbocycles. The lowest BCUT2D eigenvalue weighted by Gasteiger charge is -2.40. The van der Waals surface area contributed by atoms with Gasteiger partial charge in [-0.1, -0.05) is 0 Å². The van der Waals surface area contributed by atoms with E-state index in [9.17, 15) is 9.59 Å². The van der Waals surface area contributed by atoms with E-state index in [1.54, 1.807) is 6.07 Å². The van der Waals surface area contributed by atoms with Gasteiger partial charge in [-0.25, -0.2) is 9.18 Å². The summed E-state index contributed by atoms with van der Waals surface area (Å²) in [5, 5.41) is 9.06. The summed E-state index contributed by atoms with van der Waals surface area (Å²) in [6.45, 7) is 1.53. The van der Waals surface area contributed by atoms with E-state index in [1.165, 1.54) is 12.3 Å². The topological polar surface area (TPSA) is 75.0 Å². The monoisotopic (exact) mass is 387 g/mol. The van der Waals surface area contributed by atoms with Crippen LogP contribution in [0.25, 0.3) is 10.9 Å². The zero-order chi connectivity index (χ0) is 19.6. The fourth-order valence-electron chi connectivity index (χ4n) is 4.71. The van der Waals surface area contributed by atoms with Gasteiger partial charge in [0.25, 0.3) is 0 Å². The summed E-state index contributed by atoms with van der Waals surface area (Å²) in [6.07, 6.45) is 4.02. The van der Waals surface area contributed by atoms with E-state index in [1.807, 2.05) is 4.57 Å². The van der Waals surface area contributed by atoms with E-state index in [4.69, 9.17) is 5.11 Å². The fraction of sp³-hybridized carbons (Fsp3) is 0.500. The van der Waals surface area contributed by atoms with Crippen LogP contribution in [0.4, 0.5) is 14.9 Å². The molecule has 148 valence electrons. The smallest absolute Gasteiger partial charge is 0.449 e. The van der Waals surface area contributed by atoms with Crippen LogP contribution in [0.15, 0.2) is 23.1 Å². The fourth-order valence-corrected chi connectivity index (χ4v) is 4.71. The Morgan fingerprint density at radius 2 is 1.79 bits per heavy atom. The average molecular weight is 387 g/mol. The molecule has 3 fully saturated rings. The number of hydrogen-bond donors (Lipinski definition) is 1. The zero-order valence-corrected chi connectivity index (χ0v) is 15.6. The van der Waals surface area contributed by atoms with Gasteiger partial charge in [-0.3, -0.25) is 9.69 Å². The molecule has 2 atom stereocenters. The van der Waals surface area contributed by atoms with Crippen molar-refractivity contribution >= 4 is 22.7 Å². The number of carboxylic acid groups (broad SMARTS) is 1. The predicted molar refractivity (Wildman–Crippen MR) is 102 cm³/mol. The Kier molecular flexibility index (Phi) is 3.87. The van der Waals surface area contributed by atoms with E-state index in [0.717, 1.165) is 38.8 Å². The minimum Gasteiger partial charge on any atom is -0.449 e. The SMILES string of the molecule is CN1C2CCC1CN(c1cc3c(cc1F)c(=O)c(OC(=O)O)cn3C1CC1)C2. The standard InChI is InChI=1S/C20H22FN3O4/c1-22-12-4-5-13(22)9-23(8-12)17-7-16-14(6-15(17)21)19(25)18(28-20(26)27)10-24(16)11-2-3-11/h6-7,10-13H,2-5,8-9H2,1H3,(H,26,27). The summed E-state index contributed by atoms with van der Waals surface area (Å²) < 4.78 is 21.6. The third-order valence-electron chi connectivity index (χ3n) is 6.39. The molecule has 1 saturated carbocycles. The van der Waals surface area contributed by atoms with Gasteiger partial charge in [0.15, 0.2) is 5.75 Å². The Balaban J connectivity index is 1.63. The molecule has 28 heavy (non-hydrogen) atoms. The molecule has 1 aromatic heterocycles. The van der Waals surface area contributed by atoms with Crippen molar-refractivity contribution in [1.82, 2.24) is 9.47 Å². The number of carbonyl (C=O) groups is 1. The van der Waals surface area contributed by atoms with E-state index >= 15 is 4.39 Å². The van der Waals surface area contributed by atoms with Crippen molar-refractivity contribution in [2.45, 2.75) is 43.8 Å². The van der Waals surface area contributed by atoms with Crippen molar-refractivity contribution in [2.24, 2.45) is 0 Å². The highest BCUT2D eigenvalue weighted by Gasteiger charge is 2.38. The maximum atomic E-state index is 15.0. The van der Waals surface area contributed by atoms with Gasteiger partial charge in [0.2, 0.25) is 5.43 Å². The minimum atomic E-state index is -1.55. The molecule has 1 N–H and O–H groups in total. The van der Waals surface area contributed by atoms with Gasteiger partial charge in [0.1, 0.15) is 5.82 Å². The van der Waals surface area contributed by atoms with Gasteiger partial charge >= 0.3 is 6.16 Å². The molecular weight excluding hydrogens is 365 g/mol. The average Bonchev–Trinajstić information content (AvgIpc) is 3.46. The lowest BCUT2D eigenvalue weighted by atomic mass is 10.1. The van der Waals surface area contributed by atoms with Crippen molar-refractivity contribution in [1.29, 1.82) is 0 Å². The number of fused-ring (bicyclic) bond motifs is 3. The van der Waals surface area contributed by atoms with Crippen molar-refractivity contribution in [3.05, 3.63) is 34.4 Å². The number of ether oxygens (including phenoxy) is 1. The van der Waals surface area contributed by atoms with Crippen LogP contribution in [0.2, 0.25) is 0 Å².